The third kappa shape index (κ3) is 2.14. The van der Waals surface area contributed by atoms with Crippen molar-refractivity contribution in [1.82, 2.24) is 9.97 Å². The number of hydrogen-bond donors (Lipinski definition) is 1. The van der Waals surface area contributed by atoms with Crippen LogP contribution in [0.15, 0.2) is 42.9 Å². The molecule has 2 aromatic rings. The first-order chi connectivity index (χ1) is 7.77. The zero-order valence-corrected chi connectivity index (χ0v) is 8.20. The molecule has 0 spiro atoms. The SMILES string of the molecule is O=C(O)c1cccnc1Oc1cccnc1. The first-order valence-electron chi connectivity index (χ1n) is 4.53. The molecule has 5 heteroatoms. The molecule has 1 N–H and O–H groups in total. The van der Waals surface area contributed by atoms with Gasteiger partial charge in [-0.2, -0.15) is 0 Å². The van der Waals surface area contributed by atoms with Gasteiger partial charge in [0.05, 0.1) is 6.20 Å². The van der Waals surface area contributed by atoms with Gasteiger partial charge in [0.25, 0.3) is 0 Å². The van der Waals surface area contributed by atoms with Gasteiger partial charge >= 0.3 is 5.97 Å². The summed E-state index contributed by atoms with van der Waals surface area (Å²) in [5.74, 6) is -0.571. The summed E-state index contributed by atoms with van der Waals surface area (Å²) >= 11 is 0. The van der Waals surface area contributed by atoms with E-state index in [9.17, 15) is 4.79 Å². The van der Waals surface area contributed by atoms with Gasteiger partial charge in [-0.1, -0.05) is 0 Å². The van der Waals surface area contributed by atoms with Crippen molar-refractivity contribution in [3.8, 4) is 11.6 Å². The van der Waals surface area contributed by atoms with E-state index in [4.69, 9.17) is 9.84 Å². The van der Waals surface area contributed by atoms with Crippen LogP contribution in [0.5, 0.6) is 11.6 Å². The van der Waals surface area contributed by atoms with Crippen LogP contribution in [-0.4, -0.2) is 21.0 Å². The quantitative estimate of drug-likeness (QED) is 0.849. The minimum atomic E-state index is -1.08. The number of rotatable bonds is 3. The average Bonchev–Trinajstić information content (AvgIpc) is 2.31. The molecule has 0 aliphatic rings. The smallest absolute Gasteiger partial charge is 0.341 e. The van der Waals surface area contributed by atoms with Crippen LogP contribution in [0.1, 0.15) is 10.4 Å². The summed E-state index contributed by atoms with van der Waals surface area (Å²) in [5.41, 5.74) is 0.0198. The molecular weight excluding hydrogens is 208 g/mol. The van der Waals surface area contributed by atoms with Crippen molar-refractivity contribution in [1.29, 1.82) is 0 Å². The lowest BCUT2D eigenvalue weighted by Crippen LogP contribution is -2.01. The largest absolute Gasteiger partial charge is 0.477 e. The highest BCUT2D eigenvalue weighted by Gasteiger charge is 2.12. The number of nitrogens with zero attached hydrogens (tertiary/aromatic N) is 2. The molecular formula is C11H8N2O3. The van der Waals surface area contributed by atoms with E-state index in [1.807, 2.05) is 0 Å². The number of aromatic carboxylic acids is 1. The molecule has 0 saturated carbocycles. The van der Waals surface area contributed by atoms with Crippen LogP contribution in [-0.2, 0) is 0 Å². The van der Waals surface area contributed by atoms with Crippen LogP contribution < -0.4 is 4.74 Å². The molecule has 16 heavy (non-hydrogen) atoms. The third-order valence-electron chi connectivity index (χ3n) is 1.85. The Kier molecular flexibility index (Phi) is 2.77. The Bertz CT molecular complexity index is 500. The van der Waals surface area contributed by atoms with Crippen LogP contribution in [0.3, 0.4) is 0 Å². The fourth-order valence-electron chi connectivity index (χ4n) is 1.15. The molecule has 0 bridgehead atoms. The van der Waals surface area contributed by atoms with Crippen molar-refractivity contribution < 1.29 is 14.6 Å². The van der Waals surface area contributed by atoms with Crippen LogP contribution in [0, 0.1) is 0 Å². The summed E-state index contributed by atoms with van der Waals surface area (Å²) in [6.07, 6.45) is 4.56. The second kappa shape index (κ2) is 4.39. The van der Waals surface area contributed by atoms with Crippen molar-refractivity contribution in [2.45, 2.75) is 0 Å². The van der Waals surface area contributed by atoms with Crippen LogP contribution in [0.2, 0.25) is 0 Å². The maximum atomic E-state index is 10.9. The lowest BCUT2D eigenvalue weighted by molar-refractivity contribution is 0.0693. The summed E-state index contributed by atoms with van der Waals surface area (Å²) in [5, 5.41) is 8.91. The molecule has 2 aromatic heterocycles. The van der Waals surface area contributed by atoms with Gasteiger partial charge < -0.3 is 9.84 Å². The van der Waals surface area contributed by atoms with E-state index in [1.165, 1.54) is 18.5 Å². The van der Waals surface area contributed by atoms with Crippen LogP contribution in [0.4, 0.5) is 0 Å². The van der Waals surface area contributed by atoms with Crippen LogP contribution in [0.25, 0.3) is 0 Å². The van der Waals surface area contributed by atoms with Gasteiger partial charge in [0.2, 0.25) is 5.88 Å². The highest BCUT2D eigenvalue weighted by Crippen LogP contribution is 2.21. The molecule has 0 fully saturated rings. The van der Waals surface area contributed by atoms with Crippen molar-refractivity contribution in [3.63, 3.8) is 0 Å². The minimum Gasteiger partial charge on any atom is -0.477 e. The maximum Gasteiger partial charge on any atom is 0.341 e. The molecule has 0 unspecified atom stereocenters. The highest BCUT2D eigenvalue weighted by atomic mass is 16.5. The Labute approximate surface area is 91.4 Å². The van der Waals surface area contributed by atoms with E-state index in [0.717, 1.165) is 0 Å². The van der Waals surface area contributed by atoms with Gasteiger partial charge in [0.1, 0.15) is 11.3 Å². The molecule has 2 heterocycles. The Balaban J connectivity index is 2.31. The van der Waals surface area contributed by atoms with Crippen molar-refractivity contribution in [2.75, 3.05) is 0 Å². The molecule has 0 aliphatic carbocycles. The van der Waals surface area contributed by atoms with E-state index < -0.39 is 5.97 Å². The first-order valence-corrected chi connectivity index (χ1v) is 4.53. The predicted octanol–water partition coefficient (Wildman–Crippen LogP) is 1.97. The summed E-state index contributed by atoms with van der Waals surface area (Å²) in [6.45, 7) is 0. The number of ether oxygens (including phenoxy) is 1. The second-order valence-electron chi connectivity index (χ2n) is 2.95. The predicted molar refractivity (Wildman–Crippen MR) is 55.5 cm³/mol. The lowest BCUT2D eigenvalue weighted by Gasteiger charge is -2.05. The molecule has 0 atom stereocenters. The van der Waals surface area contributed by atoms with Crippen molar-refractivity contribution in [3.05, 3.63) is 48.4 Å². The number of aromatic nitrogens is 2. The molecule has 0 saturated heterocycles. The minimum absolute atomic E-state index is 0.0198. The Morgan fingerprint density at radius 3 is 2.75 bits per heavy atom. The third-order valence-corrected chi connectivity index (χ3v) is 1.85. The zero-order valence-electron chi connectivity index (χ0n) is 8.20. The number of carboxylic acids is 1. The first kappa shape index (κ1) is 10.1. The van der Waals surface area contributed by atoms with E-state index in [0.29, 0.717) is 5.75 Å². The molecule has 0 aromatic carbocycles. The monoisotopic (exact) mass is 216 g/mol. The van der Waals surface area contributed by atoms with Gasteiger partial charge in [0, 0.05) is 12.4 Å². The van der Waals surface area contributed by atoms with E-state index in [-0.39, 0.29) is 11.4 Å². The summed E-state index contributed by atoms with van der Waals surface area (Å²) in [7, 11) is 0. The topological polar surface area (TPSA) is 72.3 Å². The average molecular weight is 216 g/mol. The van der Waals surface area contributed by atoms with Crippen molar-refractivity contribution in [2.24, 2.45) is 0 Å². The Morgan fingerprint density at radius 2 is 2.06 bits per heavy atom. The van der Waals surface area contributed by atoms with E-state index >= 15 is 0 Å². The van der Waals surface area contributed by atoms with Gasteiger partial charge in [-0.3, -0.25) is 4.98 Å². The number of carboxylic acid groups (broad SMARTS) is 1. The fraction of sp³-hybridized carbons (Fsp3) is 0. The normalized spacial score (nSPS) is 9.75. The van der Waals surface area contributed by atoms with Gasteiger partial charge in [0.15, 0.2) is 0 Å². The highest BCUT2D eigenvalue weighted by molar-refractivity contribution is 5.90. The lowest BCUT2D eigenvalue weighted by atomic mass is 10.3. The van der Waals surface area contributed by atoms with E-state index in [1.54, 1.807) is 24.4 Å². The van der Waals surface area contributed by atoms with E-state index in [2.05, 4.69) is 9.97 Å². The Hall–Kier alpha value is -2.43. The van der Waals surface area contributed by atoms with Crippen LogP contribution >= 0.6 is 0 Å². The number of hydrogen-bond acceptors (Lipinski definition) is 4. The van der Waals surface area contributed by atoms with Gasteiger partial charge in [-0.05, 0) is 24.3 Å². The summed E-state index contributed by atoms with van der Waals surface area (Å²) in [6, 6.07) is 6.34. The molecule has 5 nitrogen and oxygen atoms in total. The van der Waals surface area contributed by atoms with Gasteiger partial charge in [-0.25, -0.2) is 9.78 Å². The molecule has 80 valence electrons. The van der Waals surface area contributed by atoms with Crippen molar-refractivity contribution >= 4 is 5.97 Å². The standard InChI is InChI=1S/C11H8N2O3/c14-11(15)9-4-2-6-13-10(9)16-8-3-1-5-12-7-8/h1-7H,(H,14,15). The molecule has 0 amide bonds. The maximum absolute atomic E-state index is 10.9. The number of carbonyl (C=O) groups is 1. The molecule has 2 rings (SSSR count). The molecule has 0 radical (unpaired) electrons. The second-order valence-corrected chi connectivity index (χ2v) is 2.95. The summed E-state index contributed by atoms with van der Waals surface area (Å²) in [4.78, 5) is 18.6. The molecule has 0 aliphatic heterocycles. The number of pyridine rings is 2. The van der Waals surface area contributed by atoms with Gasteiger partial charge in [-0.15, -0.1) is 0 Å². The fourth-order valence-corrected chi connectivity index (χ4v) is 1.15. The zero-order chi connectivity index (χ0) is 11.4. The summed E-state index contributed by atoms with van der Waals surface area (Å²) < 4.78 is 5.32. The Morgan fingerprint density at radius 1 is 1.25 bits per heavy atom.